The number of hydrogen-bond acceptors (Lipinski definition) is 7. The van der Waals surface area contributed by atoms with Crippen molar-refractivity contribution in [2.45, 2.75) is 24.7 Å². The fourth-order valence-corrected chi connectivity index (χ4v) is 2.66. The van der Waals surface area contributed by atoms with Gasteiger partial charge in [0, 0.05) is 10.5 Å². The van der Waals surface area contributed by atoms with Crippen LogP contribution in [0, 0.1) is 0 Å². The van der Waals surface area contributed by atoms with Crippen molar-refractivity contribution in [2.24, 2.45) is 5.11 Å². The summed E-state index contributed by atoms with van der Waals surface area (Å²) in [6, 6.07) is -0.923. The molecule has 122 valence electrons. The van der Waals surface area contributed by atoms with Gasteiger partial charge < -0.3 is 9.47 Å². The Morgan fingerprint density at radius 3 is 2.82 bits per heavy atom. The largest absolute Gasteiger partial charge is 0.466 e. The lowest BCUT2D eigenvalue weighted by Gasteiger charge is -2.32. The van der Waals surface area contributed by atoms with Crippen LogP contribution in [0.15, 0.2) is 29.4 Å². The van der Waals surface area contributed by atoms with Crippen LogP contribution in [0.2, 0.25) is 0 Å². The monoisotopic (exact) mass is 331 g/mol. The zero-order valence-corrected chi connectivity index (χ0v) is 13.0. The van der Waals surface area contributed by atoms with Gasteiger partial charge >= 0.3 is 5.97 Å². The van der Waals surface area contributed by atoms with Gasteiger partial charge in [0.25, 0.3) is 10.1 Å². The molecule has 0 aromatic rings. The van der Waals surface area contributed by atoms with Crippen molar-refractivity contribution < 1.29 is 26.9 Å². The molecule has 0 saturated heterocycles. The van der Waals surface area contributed by atoms with Crippen molar-refractivity contribution >= 4 is 16.1 Å². The third-order valence-corrected chi connectivity index (χ3v) is 3.41. The van der Waals surface area contributed by atoms with E-state index in [4.69, 9.17) is 14.5 Å². The van der Waals surface area contributed by atoms with E-state index in [0.717, 1.165) is 6.26 Å². The molecule has 10 heteroatoms. The predicted octanol–water partition coefficient (Wildman–Crippen LogP) is 1.08. The van der Waals surface area contributed by atoms with Crippen molar-refractivity contribution in [2.75, 3.05) is 20.0 Å². The van der Waals surface area contributed by atoms with E-state index in [-0.39, 0.29) is 18.6 Å². The normalized spacial score (nSPS) is 24.8. The van der Waals surface area contributed by atoms with Crippen LogP contribution in [0.4, 0.5) is 0 Å². The van der Waals surface area contributed by atoms with E-state index in [9.17, 15) is 13.2 Å². The molecule has 1 aliphatic rings. The molecule has 0 bridgehead atoms. The van der Waals surface area contributed by atoms with Crippen molar-refractivity contribution in [3.8, 4) is 0 Å². The smallest absolute Gasteiger partial charge is 0.333 e. The van der Waals surface area contributed by atoms with E-state index in [2.05, 4.69) is 21.3 Å². The van der Waals surface area contributed by atoms with E-state index in [1.54, 1.807) is 0 Å². The summed E-state index contributed by atoms with van der Waals surface area (Å²) in [6.45, 7) is 3.59. The highest BCUT2D eigenvalue weighted by Crippen LogP contribution is 2.28. The number of nitrogens with zero attached hydrogens (tertiary/aromatic N) is 3. The van der Waals surface area contributed by atoms with Gasteiger partial charge in [-0.3, -0.25) is 4.18 Å². The second-order valence-electron chi connectivity index (χ2n) is 4.51. The number of methoxy groups -OCH3 is 1. The molecule has 0 fully saturated rings. The topological polar surface area (TPSA) is 128 Å². The van der Waals surface area contributed by atoms with E-state index in [1.807, 2.05) is 0 Å². The third kappa shape index (κ3) is 5.15. The minimum Gasteiger partial charge on any atom is -0.466 e. The van der Waals surface area contributed by atoms with Crippen molar-refractivity contribution in [1.29, 1.82) is 0 Å². The first-order chi connectivity index (χ1) is 10.3. The molecule has 0 radical (unpaired) electrons. The van der Waals surface area contributed by atoms with Crippen LogP contribution in [0.25, 0.3) is 10.4 Å². The molecule has 0 aliphatic heterocycles. The summed E-state index contributed by atoms with van der Waals surface area (Å²) in [6.07, 6.45) is 1.77. The van der Waals surface area contributed by atoms with Gasteiger partial charge in [-0.1, -0.05) is 11.2 Å². The van der Waals surface area contributed by atoms with Crippen molar-refractivity contribution in [3.63, 3.8) is 0 Å². The molecule has 22 heavy (non-hydrogen) atoms. The standard InChI is InChI=1S/C12H17N3O6S/c1-4-5-20-10-7-8(12(16)19-2)6-9(14-15-13)11(10)21-22(3,17)18/h4,7,9-11H,1,5-6H2,2-3H3/t9?,10?,11-/m0/s1. The van der Waals surface area contributed by atoms with Gasteiger partial charge in [0.2, 0.25) is 0 Å². The lowest BCUT2D eigenvalue weighted by Crippen LogP contribution is -2.44. The predicted molar refractivity (Wildman–Crippen MR) is 77.3 cm³/mol. The summed E-state index contributed by atoms with van der Waals surface area (Å²) in [5.74, 6) is -0.608. The summed E-state index contributed by atoms with van der Waals surface area (Å²) < 4.78 is 37.8. The molecule has 0 aromatic carbocycles. The van der Waals surface area contributed by atoms with Crippen LogP contribution < -0.4 is 0 Å². The maximum absolute atomic E-state index is 11.7. The Bertz CT molecular complexity index is 608. The van der Waals surface area contributed by atoms with Crippen LogP contribution in [-0.4, -0.2) is 52.6 Å². The first-order valence-electron chi connectivity index (χ1n) is 6.26. The Morgan fingerprint density at radius 2 is 2.32 bits per heavy atom. The molecule has 0 N–H and O–H groups in total. The fourth-order valence-electron chi connectivity index (χ4n) is 2.02. The minimum atomic E-state index is -3.81. The van der Waals surface area contributed by atoms with Crippen LogP contribution in [0.1, 0.15) is 6.42 Å². The number of carbonyl (C=O) groups is 1. The Hall–Kier alpha value is -1.87. The summed E-state index contributed by atoms with van der Waals surface area (Å²) in [5.41, 5.74) is 8.86. The molecule has 0 heterocycles. The molecule has 0 saturated carbocycles. The maximum atomic E-state index is 11.7. The Labute approximate surface area is 128 Å². The maximum Gasteiger partial charge on any atom is 0.333 e. The third-order valence-electron chi connectivity index (χ3n) is 2.84. The number of hydrogen-bond donors (Lipinski definition) is 0. The fraction of sp³-hybridized carbons (Fsp3) is 0.583. The molecule has 0 aromatic heterocycles. The summed E-state index contributed by atoms with van der Waals surface area (Å²) in [4.78, 5) is 14.3. The highest BCUT2D eigenvalue weighted by molar-refractivity contribution is 7.86. The zero-order valence-electron chi connectivity index (χ0n) is 12.2. The highest BCUT2D eigenvalue weighted by Gasteiger charge is 2.38. The summed E-state index contributed by atoms with van der Waals surface area (Å²) in [7, 11) is -2.60. The minimum absolute atomic E-state index is 0.00906. The van der Waals surface area contributed by atoms with Gasteiger partial charge in [-0.25, -0.2) is 4.79 Å². The number of carbonyl (C=O) groups excluding carboxylic acids is 1. The SMILES string of the molecule is C=CCOC1C=C(C(=O)OC)CC(N=[N+]=[N-])[C@@H]1OS(C)(=O)=O. The van der Waals surface area contributed by atoms with Gasteiger partial charge in [0.05, 0.1) is 26.0 Å². The Kier molecular flexibility index (Phi) is 6.57. The molecule has 0 amide bonds. The highest BCUT2D eigenvalue weighted by atomic mass is 32.2. The molecular formula is C12H17N3O6S. The van der Waals surface area contributed by atoms with Gasteiger partial charge in [-0.05, 0) is 18.0 Å². The first kappa shape index (κ1) is 18.2. The van der Waals surface area contributed by atoms with Gasteiger partial charge in [-0.2, -0.15) is 8.42 Å². The van der Waals surface area contributed by atoms with E-state index >= 15 is 0 Å². The number of azide groups is 1. The number of rotatable bonds is 7. The molecule has 1 rings (SSSR count). The zero-order chi connectivity index (χ0) is 16.8. The molecule has 1 aliphatic carbocycles. The molecule has 9 nitrogen and oxygen atoms in total. The van der Waals surface area contributed by atoms with E-state index in [0.29, 0.717) is 0 Å². The summed E-state index contributed by atoms with van der Waals surface area (Å²) >= 11 is 0. The quantitative estimate of drug-likeness (QED) is 0.171. The Morgan fingerprint density at radius 1 is 1.64 bits per heavy atom. The lowest BCUT2D eigenvalue weighted by atomic mass is 9.90. The second kappa shape index (κ2) is 7.95. The Balaban J connectivity index is 3.20. The van der Waals surface area contributed by atoms with E-state index in [1.165, 1.54) is 19.3 Å². The molecule has 3 atom stereocenters. The summed E-state index contributed by atoms with van der Waals surface area (Å²) in [5, 5.41) is 3.51. The lowest BCUT2D eigenvalue weighted by molar-refractivity contribution is -0.136. The van der Waals surface area contributed by atoms with E-state index < -0.39 is 34.3 Å². The molecular weight excluding hydrogens is 314 g/mol. The number of ether oxygens (including phenoxy) is 2. The van der Waals surface area contributed by atoms with Crippen molar-refractivity contribution in [3.05, 3.63) is 34.7 Å². The first-order valence-corrected chi connectivity index (χ1v) is 8.08. The van der Waals surface area contributed by atoms with Gasteiger partial charge in [-0.15, -0.1) is 6.58 Å². The molecule has 0 spiro atoms. The van der Waals surface area contributed by atoms with Crippen molar-refractivity contribution in [1.82, 2.24) is 0 Å². The second-order valence-corrected chi connectivity index (χ2v) is 6.11. The van der Waals surface area contributed by atoms with Crippen LogP contribution in [-0.2, 0) is 28.6 Å². The van der Waals surface area contributed by atoms with Gasteiger partial charge in [0.15, 0.2) is 0 Å². The molecule has 2 unspecified atom stereocenters. The number of esters is 1. The van der Waals surface area contributed by atoms with Crippen LogP contribution in [0.3, 0.4) is 0 Å². The van der Waals surface area contributed by atoms with Gasteiger partial charge in [0.1, 0.15) is 12.2 Å². The van der Waals surface area contributed by atoms with Crippen LogP contribution >= 0.6 is 0 Å². The average Bonchev–Trinajstić information content (AvgIpc) is 2.45. The average molecular weight is 331 g/mol. The van der Waals surface area contributed by atoms with Crippen LogP contribution in [0.5, 0.6) is 0 Å².